The van der Waals surface area contributed by atoms with Gasteiger partial charge in [-0.15, -0.1) is 0 Å². The topological polar surface area (TPSA) is 46.1 Å². The van der Waals surface area contributed by atoms with Crippen LogP contribution < -0.4 is 0 Å². The molecule has 2 heterocycles. The summed E-state index contributed by atoms with van der Waals surface area (Å²) in [6.45, 7) is 3.04. The molecule has 0 saturated carbocycles. The zero-order chi connectivity index (χ0) is 20.4. The van der Waals surface area contributed by atoms with Crippen LogP contribution in [0.3, 0.4) is 0 Å². The maximum atomic E-state index is 13.5. The molecule has 1 saturated heterocycles. The number of carbonyl (C=O) groups is 1. The summed E-state index contributed by atoms with van der Waals surface area (Å²) in [7, 11) is 0. The third-order valence-corrected chi connectivity index (χ3v) is 5.19. The van der Waals surface area contributed by atoms with Gasteiger partial charge in [-0.3, -0.25) is 4.79 Å². The van der Waals surface area contributed by atoms with Gasteiger partial charge in [0, 0.05) is 48.1 Å². The Bertz CT molecular complexity index is 1030. The number of rotatable bonds is 3. The Kier molecular flexibility index (Phi) is 5.34. The molecule has 4 rings (SSSR count). The number of piperidine rings is 1. The van der Waals surface area contributed by atoms with Crippen LogP contribution >= 0.6 is 0 Å². The standard InChI is InChI=1S/C23H21F2N3O/c1-15-4-2-5-16(10-15)22-26-8-7-21(27-22)17-6-3-9-28(14-17)23(29)18-11-19(24)13-20(25)12-18/h2,4-5,7-8,10-13,17H,3,6,9,14H2,1H3/t17-/m1/s1. The molecule has 0 radical (unpaired) electrons. The van der Waals surface area contributed by atoms with E-state index in [0.29, 0.717) is 18.9 Å². The maximum absolute atomic E-state index is 13.5. The summed E-state index contributed by atoms with van der Waals surface area (Å²) >= 11 is 0. The molecule has 1 aliphatic heterocycles. The quantitative estimate of drug-likeness (QED) is 0.645. The molecule has 1 amide bonds. The Morgan fingerprint density at radius 3 is 2.66 bits per heavy atom. The second-order valence-corrected chi connectivity index (χ2v) is 7.42. The molecule has 0 spiro atoms. The number of amides is 1. The largest absolute Gasteiger partial charge is 0.338 e. The Balaban J connectivity index is 1.55. The Morgan fingerprint density at radius 2 is 1.90 bits per heavy atom. The number of likely N-dealkylation sites (tertiary alicyclic amines) is 1. The van der Waals surface area contributed by atoms with E-state index in [-0.39, 0.29) is 17.4 Å². The molecule has 6 heteroatoms. The molecule has 29 heavy (non-hydrogen) atoms. The second-order valence-electron chi connectivity index (χ2n) is 7.42. The Labute approximate surface area is 168 Å². The van der Waals surface area contributed by atoms with Crippen LogP contribution in [0.25, 0.3) is 11.4 Å². The molecule has 1 fully saturated rings. The Hall–Kier alpha value is -3.15. The van der Waals surface area contributed by atoms with Crippen molar-refractivity contribution in [1.29, 1.82) is 0 Å². The van der Waals surface area contributed by atoms with E-state index in [1.807, 2.05) is 37.3 Å². The predicted molar refractivity (Wildman–Crippen MR) is 106 cm³/mol. The fourth-order valence-electron chi connectivity index (χ4n) is 3.79. The summed E-state index contributed by atoms with van der Waals surface area (Å²) < 4.78 is 27.0. The third-order valence-electron chi connectivity index (χ3n) is 5.19. The Morgan fingerprint density at radius 1 is 1.10 bits per heavy atom. The van der Waals surface area contributed by atoms with Crippen molar-refractivity contribution in [3.63, 3.8) is 0 Å². The van der Waals surface area contributed by atoms with Crippen LogP contribution in [-0.4, -0.2) is 33.9 Å². The first-order chi connectivity index (χ1) is 14.0. The van der Waals surface area contributed by atoms with Crippen molar-refractivity contribution in [2.45, 2.75) is 25.7 Å². The summed E-state index contributed by atoms with van der Waals surface area (Å²) in [5.74, 6) is -1.15. The molecule has 1 aromatic heterocycles. The van der Waals surface area contributed by atoms with Gasteiger partial charge in [-0.05, 0) is 44.0 Å². The molecule has 0 unspecified atom stereocenters. The van der Waals surface area contributed by atoms with Crippen molar-refractivity contribution in [3.05, 3.63) is 83.2 Å². The molecule has 1 aliphatic rings. The highest BCUT2D eigenvalue weighted by Crippen LogP contribution is 2.28. The second kappa shape index (κ2) is 8.07. The van der Waals surface area contributed by atoms with Crippen molar-refractivity contribution in [1.82, 2.24) is 14.9 Å². The average Bonchev–Trinajstić information content (AvgIpc) is 2.73. The molecule has 4 nitrogen and oxygen atoms in total. The first kappa shape index (κ1) is 19.2. The van der Waals surface area contributed by atoms with Gasteiger partial charge >= 0.3 is 0 Å². The van der Waals surface area contributed by atoms with Crippen LogP contribution in [0.1, 0.15) is 40.4 Å². The fourth-order valence-corrected chi connectivity index (χ4v) is 3.79. The number of hydrogen-bond acceptors (Lipinski definition) is 3. The van der Waals surface area contributed by atoms with Crippen LogP contribution in [0.15, 0.2) is 54.7 Å². The van der Waals surface area contributed by atoms with Crippen molar-refractivity contribution in [2.24, 2.45) is 0 Å². The summed E-state index contributed by atoms with van der Waals surface area (Å²) in [5, 5.41) is 0. The minimum absolute atomic E-state index is 0.0336. The minimum atomic E-state index is -0.750. The SMILES string of the molecule is Cc1cccc(-c2nccc([C@@H]3CCCN(C(=O)c4cc(F)cc(F)c4)C3)n2)c1. The van der Waals surface area contributed by atoms with E-state index in [2.05, 4.69) is 4.98 Å². The third kappa shape index (κ3) is 4.31. The molecule has 2 aromatic carbocycles. The van der Waals surface area contributed by atoms with Gasteiger partial charge in [-0.1, -0.05) is 23.8 Å². The molecular weight excluding hydrogens is 372 g/mol. The predicted octanol–water partition coefficient (Wildman–Crippen LogP) is 4.75. The van der Waals surface area contributed by atoms with Crippen molar-refractivity contribution in [3.8, 4) is 11.4 Å². The summed E-state index contributed by atoms with van der Waals surface area (Å²) in [4.78, 5) is 23.5. The number of aryl methyl sites for hydroxylation is 1. The average molecular weight is 393 g/mol. The molecule has 148 valence electrons. The number of benzene rings is 2. The van der Waals surface area contributed by atoms with Gasteiger partial charge in [0.1, 0.15) is 11.6 Å². The molecule has 0 N–H and O–H groups in total. The lowest BCUT2D eigenvalue weighted by Crippen LogP contribution is -2.39. The molecular formula is C23H21F2N3O. The molecule has 3 aromatic rings. The molecule has 1 atom stereocenters. The minimum Gasteiger partial charge on any atom is -0.338 e. The fraction of sp³-hybridized carbons (Fsp3) is 0.261. The van der Waals surface area contributed by atoms with Gasteiger partial charge in [-0.2, -0.15) is 0 Å². The highest BCUT2D eigenvalue weighted by molar-refractivity contribution is 5.94. The van der Waals surface area contributed by atoms with Crippen LogP contribution in [0.4, 0.5) is 8.78 Å². The number of carbonyl (C=O) groups excluding carboxylic acids is 1. The normalized spacial score (nSPS) is 16.7. The highest BCUT2D eigenvalue weighted by atomic mass is 19.1. The summed E-state index contributed by atoms with van der Waals surface area (Å²) in [6, 6.07) is 12.8. The lowest BCUT2D eigenvalue weighted by molar-refractivity contribution is 0.0705. The van der Waals surface area contributed by atoms with E-state index in [1.165, 1.54) is 0 Å². The first-order valence-electron chi connectivity index (χ1n) is 9.65. The highest BCUT2D eigenvalue weighted by Gasteiger charge is 2.27. The molecule has 0 bridgehead atoms. The number of halogens is 2. The van der Waals surface area contributed by atoms with Crippen LogP contribution in [0, 0.1) is 18.6 Å². The number of nitrogens with zero attached hydrogens (tertiary/aromatic N) is 3. The number of aromatic nitrogens is 2. The lowest BCUT2D eigenvalue weighted by Gasteiger charge is -2.32. The van der Waals surface area contributed by atoms with Gasteiger partial charge in [0.2, 0.25) is 0 Å². The van der Waals surface area contributed by atoms with E-state index >= 15 is 0 Å². The van der Waals surface area contributed by atoms with Crippen molar-refractivity contribution in [2.75, 3.05) is 13.1 Å². The van der Waals surface area contributed by atoms with Crippen LogP contribution in [-0.2, 0) is 0 Å². The zero-order valence-electron chi connectivity index (χ0n) is 16.1. The van der Waals surface area contributed by atoms with E-state index in [1.54, 1.807) is 11.1 Å². The first-order valence-corrected chi connectivity index (χ1v) is 9.65. The van der Waals surface area contributed by atoms with E-state index < -0.39 is 11.6 Å². The summed E-state index contributed by atoms with van der Waals surface area (Å²) in [6.07, 6.45) is 3.44. The zero-order valence-corrected chi connectivity index (χ0v) is 16.1. The van der Waals surface area contributed by atoms with Crippen molar-refractivity contribution < 1.29 is 13.6 Å². The van der Waals surface area contributed by atoms with Crippen LogP contribution in [0.5, 0.6) is 0 Å². The molecule has 0 aliphatic carbocycles. The number of hydrogen-bond donors (Lipinski definition) is 0. The van der Waals surface area contributed by atoms with E-state index in [0.717, 1.165) is 47.9 Å². The van der Waals surface area contributed by atoms with Gasteiger partial charge in [0.15, 0.2) is 5.82 Å². The van der Waals surface area contributed by atoms with Gasteiger partial charge in [-0.25, -0.2) is 18.7 Å². The maximum Gasteiger partial charge on any atom is 0.254 e. The summed E-state index contributed by atoms with van der Waals surface area (Å²) in [5.41, 5.74) is 2.99. The van der Waals surface area contributed by atoms with Gasteiger partial charge < -0.3 is 4.90 Å². The van der Waals surface area contributed by atoms with Crippen LogP contribution in [0.2, 0.25) is 0 Å². The van der Waals surface area contributed by atoms with Crippen molar-refractivity contribution >= 4 is 5.91 Å². The van der Waals surface area contributed by atoms with E-state index in [9.17, 15) is 13.6 Å². The van der Waals surface area contributed by atoms with Gasteiger partial charge in [0.25, 0.3) is 5.91 Å². The van der Waals surface area contributed by atoms with E-state index in [4.69, 9.17) is 4.98 Å². The smallest absolute Gasteiger partial charge is 0.254 e. The van der Waals surface area contributed by atoms with Gasteiger partial charge in [0.05, 0.1) is 0 Å². The monoisotopic (exact) mass is 393 g/mol. The lowest BCUT2D eigenvalue weighted by atomic mass is 9.94.